The number of anilines is 1. The summed E-state index contributed by atoms with van der Waals surface area (Å²) in [7, 11) is 2.14. The maximum absolute atomic E-state index is 5.95. The minimum Gasteiger partial charge on any atom is -0.357 e. The zero-order valence-corrected chi connectivity index (χ0v) is 16.2. The molecule has 0 bridgehead atoms. The first kappa shape index (κ1) is 18.1. The van der Waals surface area contributed by atoms with Crippen molar-refractivity contribution in [3.05, 3.63) is 53.7 Å². The summed E-state index contributed by atoms with van der Waals surface area (Å²) in [6, 6.07) is 14.3. The van der Waals surface area contributed by atoms with Gasteiger partial charge in [0, 0.05) is 37.4 Å². The molecule has 4 nitrogen and oxygen atoms in total. The summed E-state index contributed by atoms with van der Waals surface area (Å²) >= 11 is 7.65. The number of piperidine rings is 1. The number of pyridine rings is 1. The molecule has 2 heterocycles. The van der Waals surface area contributed by atoms with E-state index in [0.29, 0.717) is 6.04 Å². The molecule has 3 rings (SSSR count). The van der Waals surface area contributed by atoms with Crippen LogP contribution in [0.2, 0.25) is 5.02 Å². The lowest BCUT2D eigenvalue weighted by molar-refractivity contribution is 0.312. The molecule has 1 fully saturated rings. The zero-order valence-electron chi connectivity index (χ0n) is 14.6. The number of rotatable bonds is 3. The Labute approximate surface area is 158 Å². The smallest absolute Gasteiger partial charge is 0.164 e. The van der Waals surface area contributed by atoms with E-state index in [0.717, 1.165) is 47.6 Å². The molecule has 6 heteroatoms. The van der Waals surface area contributed by atoms with Crippen LogP contribution in [0, 0.1) is 0 Å². The number of nitrogens with zero attached hydrogens (tertiary/aromatic N) is 4. The SMILES string of the molecule is CS/C(=N\c1ccc(Cl)cc1)N1CCC(N(C)c2ccccn2)CC1. The van der Waals surface area contributed by atoms with Crippen LogP contribution in [0.4, 0.5) is 11.5 Å². The topological polar surface area (TPSA) is 31.7 Å². The molecule has 0 saturated carbocycles. The van der Waals surface area contributed by atoms with Crippen molar-refractivity contribution in [2.24, 2.45) is 4.99 Å². The number of benzene rings is 1. The van der Waals surface area contributed by atoms with Gasteiger partial charge in [-0.05, 0) is 55.5 Å². The van der Waals surface area contributed by atoms with Gasteiger partial charge in [-0.25, -0.2) is 9.98 Å². The van der Waals surface area contributed by atoms with Gasteiger partial charge in [0.15, 0.2) is 5.17 Å². The van der Waals surface area contributed by atoms with Gasteiger partial charge in [0.05, 0.1) is 5.69 Å². The van der Waals surface area contributed by atoms with Crippen LogP contribution < -0.4 is 4.90 Å². The van der Waals surface area contributed by atoms with Gasteiger partial charge in [0.25, 0.3) is 0 Å². The summed E-state index contributed by atoms with van der Waals surface area (Å²) in [5.41, 5.74) is 0.946. The van der Waals surface area contributed by atoms with Crippen LogP contribution in [0.3, 0.4) is 0 Å². The van der Waals surface area contributed by atoms with Crippen LogP contribution >= 0.6 is 23.4 Å². The molecule has 25 heavy (non-hydrogen) atoms. The number of hydrogen-bond acceptors (Lipinski definition) is 4. The monoisotopic (exact) mass is 374 g/mol. The predicted molar refractivity (Wildman–Crippen MR) is 109 cm³/mol. The van der Waals surface area contributed by atoms with Crippen molar-refractivity contribution in [1.29, 1.82) is 0 Å². The van der Waals surface area contributed by atoms with E-state index in [4.69, 9.17) is 16.6 Å². The third kappa shape index (κ3) is 4.67. The summed E-state index contributed by atoms with van der Waals surface area (Å²) in [6.07, 6.45) is 6.15. The molecule has 0 radical (unpaired) electrons. The second kappa shape index (κ2) is 8.59. The molecule has 1 aromatic heterocycles. The van der Waals surface area contributed by atoms with Crippen LogP contribution in [0.25, 0.3) is 0 Å². The molecule has 1 aromatic carbocycles. The fourth-order valence-electron chi connectivity index (χ4n) is 3.07. The predicted octanol–water partition coefficient (Wildman–Crippen LogP) is 4.69. The quantitative estimate of drug-likeness (QED) is 0.576. The lowest BCUT2D eigenvalue weighted by Gasteiger charge is -2.38. The first-order chi connectivity index (χ1) is 12.2. The van der Waals surface area contributed by atoms with Crippen molar-refractivity contribution in [2.45, 2.75) is 18.9 Å². The number of likely N-dealkylation sites (tertiary alicyclic amines) is 1. The minimum absolute atomic E-state index is 0.518. The third-order valence-electron chi connectivity index (χ3n) is 4.53. The van der Waals surface area contributed by atoms with Crippen molar-refractivity contribution < 1.29 is 0 Å². The Morgan fingerprint density at radius 1 is 1.20 bits per heavy atom. The highest BCUT2D eigenvalue weighted by Gasteiger charge is 2.24. The third-order valence-corrected chi connectivity index (χ3v) is 5.49. The molecular weight excluding hydrogens is 352 g/mol. The van der Waals surface area contributed by atoms with E-state index < -0.39 is 0 Å². The van der Waals surface area contributed by atoms with E-state index in [2.05, 4.69) is 34.2 Å². The first-order valence-electron chi connectivity index (χ1n) is 8.44. The van der Waals surface area contributed by atoms with E-state index in [-0.39, 0.29) is 0 Å². The Hall–Kier alpha value is -1.72. The Bertz CT molecular complexity index is 697. The van der Waals surface area contributed by atoms with Gasteiger partial charge in [-0.15, -0.1) is 0 Å². The van der Waals surface area contributed by atoms with Crippen molar-refractivity contribution in [3.63, 3.8) is 0 Å². The maximum Gasteiger partial charge on any atom is 0.164 e. The van der Waals surface area contributed by atoms with Crippen molar-refractivity contribution in [1.82, 2.24) is 9.88 Å². The van der Waals surface area contributed by atoms with E-state index in [1.54, 1.807) is 11.8 Å². The number of hydrogen-bond donors (Lipinski definition) is 0. The van der Waals surface area contributed by atoms with Gasteiger partial charge >= 0.3 is 0 Å². The molecule has 0 amide bonds. The van der Waals surface area contributed by atoms with Crippen LogP contribution in [0.1, 0.15) is 12.8 Å². The van der Waals surface area contributed by atoms with Gasteiger partial charge in [-0.2, -0.15) is 0 Å². The maximum atomic E-state index is 5.95. The minimum atomic E-state index is 0.518. The summed E-state index contributed by atoms with van der Waals surface area (Å²) < 4.78 is 0. The van der Waals surface area contributed by atoms with Crippen LogP contribution in [0.15, 0.2) is 53.7 Å². The fraction of sp³-hybridized carbons (Fsp3) is 0.368. The van der Waals surface area contributed by atoms with E-state index >= 15 is 0 Å². The molecule has 0 atom stereocenters. The molecule has 0 aliphatic carbocycles. The lowest BCUT2D eigenvalue weighted by atomic mass is 10.0. The molecule has 0 unspecified atom stereocenters. The highest BCUT2D eigenvalue weighted by molar-refractivity contribution is 8.13. The first-order valence-corrected chi connectivity index (χ1v) is 10.0. The van der Waals surface area contributed by atoms with Gasteiger partial charge in [-0.3, -0.25) is 0 Å². The Balaban J connectivity index is 1.63. The normalized spacial score (nSPS) is 16.1. The van der Waals surface area contributed by atoms with Gasteiger partial charge in [0.2, 0.25) is 0 Å². The van der Waals surface area contributed by atoms with Gasteiger partial charge < -0.3 is 9.80 Å². The highest BCUT2D eigenvalue weighted by atomic mass is 35.5. The van der Waals surface area contributed by atoms with Crippen molar-refractivity contribution in [3.8, 4) is 0 Å². The Morgan fingerprint density at radius 2 is 1.92 bits per heavy atom. The molecule has 1 saturated heterocycles. The summed E-state index contributed by atoms with van der Waals surface area (Å²) in [6.45, 7) is 2.02. The number of halogens is 1. The molecule has 0 N–H and O–H groups in total. The number of aliphatic imine (C=N–C) groups is 1. The van der Waals surface area contributed by atoms with Gasteiger partial charge in [0.1, 0.15) is 5.82 Å². The Kier molecular flexibility index (Phi) is 6.21. The molecule has 132 valence electrons. The summed E-state index contributed by atoms with van der Waals surface area (Å²) in [4.78, 5) is 13.9. The van der Waals surface area contributed by atoms with E-state index in [9.17, 15) is 0 Å². The molecule has 1 aliphatic heterocycles. The lowest BCUT2D eigenvalue weighted by Crippen LogP contribution is -2.45. The summed E-state index contributed by atoms with van der Waals surface area (Å²) in [5.74, 6) is 1.04. The zero-order chi connectivity index (χ0) is 17.6. The molecule has 2 aromatic rings. The van der Waals surface area contributed by atoms with E-state index in [1.807, 2.05) is 42.6 Å². The molecule has 0 spiro atoms. The summed E-state index contributed by atoms with van der Waals surface area (Å²) in [5, 5.41) is 1.81. The molecular formula is C19H23ClN4S. The van der Waals surface area contributed by atoms with Crippen LogP contribution in [0.5, 0.6) is 0 Å². The second-order valence-corrected chi connectivity index (χ2v) is 7.30. The van der Waals surface area contributed by atoms with Crippen molar-refractivity contribution in [2.75, 3.05) is 31.3 Å². The average molecular weight is 375 g/mol. The van der Waals surface area contributed by atoms with Gasteiger partial charge in [-0.1, -0.05) is 29.4 Å². The van der Waals surface area contributed by atoms with E-state index in [1.165, 1.54) is 0 Å². The number of amidine groups is 1. The number of aromatic nitrogens is 1. The van der Waals surface area contributed by atoms with Crippen molar-refractivity contribution >= 4 is 40.0 Å². The second-order valence-electron chi connectivity index (χ2n) is 6.09. The van der Waals surface area contributed by atoms with Crippen LogP contribution in [-0.4, -0.2) is 47.5 Å². The molecule has 1 aliphatic rings. The average Bonchev–Trinajstić information content (AvgIpc) is 2.68. The number of thioether (sulfide) groups is 1. The fourth-order valence-corrected chi connectivity index (χ4v) is 3.83. The Morgan fingerprint density at radius 3 is 2.52 bits per heavy atom. The largest absolute Gasteiger partial charge is 0.357 e. The van der Waals surface area contributed by atoms with Crippen LogP contribution in [-0.2, 0) is 0 Å². The highest BCUT2D eigenvalue weighted by Crippen LogP contribution is 2.24. The standard InChI is InChI=1S/C19H23ClN4S/c1-23(18-5-3-4-12-21-18)17-10-13-24(14-11-17)19(25-2)22-16-8-6-15(20)7-9-16/h3-9,12,17H,10-11,13-14H2,1-2H3/b22-19-.